The van der Waals surface area contributed by atoms with Crippen LogP contribution in [-0.4, -0.2) is 61.0 Å². The van der Waals surface area contributed by atoms with Gasteiger partial charge in [-0.05, 0) is 31.2 Å². The van der Waals surface area contributed by atoms with Crippen LogP contribution in [0.15, 0.2) is 47.1 Å². The molecule has 26 heavy (non-hydrogen) atoms. The smallest absolute Gasteiger partial charge is 0.289 e. The zero-order chi connectivity index (χ0) is 18.5. The van der Waals surface area contributed by atoms with E-state index >= 15 is 0 Å². The molecular formula is C19H22N2O5. The summed E-state index contributed by atoms with van der Waals surface area (Å²) in [5, 5.41) is 0. The Hall–Kier alpha value is -2.96. The van der Waals surface area contributed by atoms with Gasteiger partial charge in [0, 0.05) is 32.2 Å². The number of ether oxygens (including phenoxy) is 2. The van der Waals surface area contributed by atoms with Gasteiger partial charge in [-0.2, -0.15) is 0 Å². The zero-order valence-electron chi connectivity index (χ0n) is 14.9. The molecule has 138 valence electrons. The Balaban J connectivity index is 1.53. The minimum atomic E-state index is -0.616. The molecule has 1 atom stereocenters. The number of nitrogens with zero attached hydrogens (tertiary/aromatic N) is 2. The highest BCUT2D eigenvalue weighted by atomic mass is 16.5. The second kappa shape index (κ2) is 7.95. The fourth-order valence-corrected chi connectivity index (χ4v) is 2.87. The summed E-state index contributed by atoms with van der Waals surface area (Å²) >= 11 is 0. The highest BCUT2D eigenvalue weighted by Gasteiger charge is 2.29. The molecular weight excluding hydrogens is 336 g/mol. The molecule has 0 spiro atoms. The number of furan rings is 1. The molecule has 1 aromatic carbocycles. The standard InChI is InChI=1S/C19H22N2O5/c1-14(26-16-6-3-5-15(13-16)24-2)18(22)20-8-10-21(11-9-20)19(23)17-7-4-12-25-17/h3-7,12-14H,8-11H2,1-2H3. The number of hydrogen-bond acceptors (Lipinski definition) is 5. The fourth-order valence-electron chi connectivity index (χ4n) is 2.87. The van der Waals surface area contributed by atoms with Crippen molar-refractivity contribution >= 4 is 11.8 Å². The summed E-state index contributed by atoms with van der Waals surface area (Å²) in [5.74, 6) is 1.32. The monoisotopic (exact) mass is 358 g/mol. The van der Waals surface area contributed by atoms with E-state index in [0.717, 1.165) is 0 Å². The molecule has 2 amide bonds. The van der Waals surface area contributed by atoms with Crippen LogP contribution in [0.2, 0.25) is 0 Å². The van der Waals surface area contributed by atoms with Crippen molar-refractivity contribution in [2.75, 3.05) is 33.3 Å². The van der Waals surface area contributed by atoms with Crippen molar-refractivity contribution in [2.45, 2.75) is 13.0 Å². The van der Waals surface area contributed by atoms with Gasteiger partial charge in [0.05, 0.1) is 13.4 Å². The van der Waals surface area contributed by atoms with E-state index in [4.69, 9.17) is 13.9 Å². The SMILES string of the molecule is COc1cccc(OC(C)C(=O)N2CCN(C(=O)c3ccco3)CC2)c1. The minimum Gasteiger partial charge on any atom is -0.497 e. The molecule has 1 fully saturated rings. The topological polar surface area (TPSA) is 72.2 Å². The van der Waals surface area contributed by atoms with Gasteiger partial charge in [-0.15, -0.1) is 0 Å². The molecule has 3 rings (SSSR count). The molecule has 0 saturated carbocycles. The van der Waals surface area contributed by atoms with Crippen LogP contribution >= 0.6 is 0 Å². The van der Waals surface area contributed by atoms with E-state index in [1.807, 2.05) is 12.1 Å². The van der Waals surface area contributed by atoms with Gasteiger partial charge >= 0.3 is 0 Å². The summed E-state index contributed by atoms with van der Waals surface area (Å²) < 4.78 is 16.0. The van der Waals surface area contributed by atoms with E-state index < -0.39 is 6.10 Å². The maximum Gasteiger partial charge on any atom is 0.289 e. The van der Waals surface area contributed by atoms with E-state index in [2.05, 4.69) is 0 Å². The third kappa shape index (κ3) is 3.99. The first-order valence-corrected chi connectivity index (χ1v) is 8.51. The Morgan fingerprint density at radius 1 is 1.04 bits per heavy atom. The number of hydrogen-bond donors (Lipinski definition) is 0. The van der Waals surface area contributed by atoms with Crippen LogP contribution < -0.4 is 9.47 Å². The van der Waals surface area contributed by atoms with Gasteiger partial charge < -0.3 is 23.7 Å². The molecule has 1 saturated heterocycles. The number of carbonyl (C=O) groups excluding carboxylic acids is 2. The second-order valence-electron chi connectivity index (χ2n) is 6.03. The Morgan fingerprint density at radius 3 is 2.38 bits per heavy atom. The highest BCUT2D eigenvalue weighted by molar-refractivity contribution is 5.91. The van der Waals surface area contributed by atoms with E-state index in [9.17, 15) is 9.59 Å². The summed E-state index contributed by atoms with van der Waals surface area (Å²) in [6.07, 6.45) is 0.861. The molecule has 0 N–H and O–H groups in total. The van der Waals surface area contributed by atoms with Crippen LogP contribution in [0.4, 0.5) is 0 Å². The molecule has 1 unspecified atom stereocenters. The van der Waals surface area contributed by atoms with Crippen LogP contribution in [0.5, 0.6) is 11.5 Å². The lowest BCUT2D eigenvalue weighted by atomic mass is 10.2. The van der Waals surface area contributed by atoms with Crippen molar-refractivity contribution in [1.29, 1.82) is 0 Å². The average Bonchev–Trinajstić information content (AvgIpc) is 3.22. The summed E-state index contributed by atoms with van der Waals surface area (Å²) in [4.78, 5) is 28.3. The minimum absolute atomic E-state index is 0.0992. The molecule has 1 aromatic heterocycles. The molecule has 2 heterocycles. The summed E-state index contributed by atoms with van der Waals surface area (Å²) in [6.45, 7) is 3.60. The third-order valence-corrected chi connectivity index (χ3v) is 4.31. The van der Waals surface area contributed by atoms with E-state index in [0.29, 0.717) is 43.4 Å². The van der Waals surface area contributed by atoms with Crippen molar-refractivity contribution in [3.63, 3.8) is 0 Å². The Kier molecular flexibility index (Phi) is 5.46. The van der Waals surface area contributed by atoms with Crippen molar-refractivity contribution in [2.24, 2.45) is 0 Å². The predicted octanol–water partition coefficient (Wildman–Crippen LogP) is 2.04. The first-order valence-electron chi connectivity index (χ1n) is 8.51. The van der Waals surface area contributed by atoms with Crippen molar-refractivity contribution in [1.82, 2.24) is 9.80 Å². The number of methoxy groups -OCH3 is 1. The van der Waals surface area contributed by atoms with Crippen LogP contribution in [-0.2, 0) is 4.79 Å². The van der Waals surface area contributed by atoms with Crippen LogP contribution in [0.1, 0.15) is 17.5 Å². The quantitative estimate of drug-likeness (QED) is 0.818. The Labute approximate surface area is 152 Å². The van der Waals surface area contributed by atoms with Crippen LogP contribution in [0, 0.1) is 0 Å². The van der Waals surface area contributed by atoms with Crippen molar-refractivity contribution < 1.29 is 23.5 Å². The number of carbonyl (C=O) groups is 2. The van der Waals surface area contributed by atoms with Gasteiger partial charge in [0.25, 0.3) is 11.8 Å². The normalized spacial score (nSPS) is 15.5. The number of benzene rings is 1. The number of amides is 2. The third-order valence-electron chi connectivity index (χ3n) is 4.31. The van der Waals surface area contributed by atoms with Crippen LogP contribution in [0.25, 0.3) is 0 Å². The van der Waals surface area contributed by atoms with Gasteiger partial charge in [-0.1, -0.05) is 6.07 Å². The van der Waals surface area contributed by atoms with E-state index in [-0.39, 0.29) is 11.8 Å². The molecule has 2 aromatic rings. The van der Waals surface area contributed by atoms with Gasteiger partial charge in [-0.3, -0.25) is 9.59 Å². The predicted molar refractivity (Wildman–Crippen MR) is 94.3 cm³/mol. The lowest BCUT2D eigenvalue weighted by Crippen LogP contribution is -2.53. The summed E-state index contributed by atoms with van der Waals surface area (Å²) in [7, 11) is 1.58. The molecule has 0 aliphatic carbocycles. The molecule has 7 heteroatoms. The largest absolute Gasteiger partial charge is 0.497 e. The van der Waals surface area contributed by atoms with Crippen molar-refractivity contribution in [3.8, 4) is 11.5 Å². The molecule has 0 radical (unpaired) electrons. The summed E-state index contributed by atoms with van der Waals surface area (Å²) in [6, 6.07) is 10.5. The lowest BCUT2D eigenvalue weighted by Gasteiger charge is -2.35. The fraction of sp³-hybridized carbons (Fsp3) is 0.368. The molecule has 1 aliphatic rings. The highest BCUT2D eigenvalue weighted by Crippen LogP contribution is 2.20. The molecule has 0 bridgehead atoms. The average molecular weight is 358 g/mol. The van der Waals surface area contributed by atoms with Crippen molar-refractivity contribution in [3.05, 3.63) is 48.4 Å². The number of piperazine rings is 1. The van der Waals surface area contributed by atoms with Gasteiger partial charge in [0.2, 0.25) is 0 Å². The first-order chi connectivity index (χ1) is 12.6. The van der Waals surface area contributed by atoms with Gasteiger partial charge in [-0.25, -0.2) is 0 Å². The van der Waals surface area contributed by atoms with Gasteiger partial charge in [0.15, 0.2) is 11.9 Å². The maximum absolute atomic E-state index is 12.6. The first kappa shape index (κ1) is 17.8. The van der Waals surface area contributed by atoms with E-state index in [1.165, 1.54) is 6.26 Å². The summed E-state index contributed by atoms with van der Waals surface area (Å²) in [5.41, 5.74) is 0. The van der Waals surface area contributed by atoms with E-state index in [1.54, 1.807) is 48.1 Å². The number of rotatable bonds is 5. The second-order valence-corrected chi connectivity index (χ2v) is 6.03. The zero-order valence-corrected chi connectivity index (χ0v) is 14.9. The molecule has 7 nitrogen and oxygen atoms in total. The lowest BCUT2D eigenvalue weighted by molar-refractivity contribution is -0.139. The maximum atomic E-state index is 12.6. The molecule has 1 aliphatic heterocycles. The Bertz CT molecular complexity index is 751. The Morgan fingerprint density at radius 2 is 1.73 bits per heavy atom. The van der Waals surface area contributed by atoms with Crippen LogP contribution in [0.3, 0.4) is 0 Å². The van der Waals surface area contributed by atoms with Gasteiger partial charge in [0.1, 0.15) is 11.5 Å².